The van der Waals surface area contributed by atoms with Crippen molar-refractivity contribution >= 4 is 28.8 Å². The number of nitrogens with one attached hydrogen (secondary N) is 1. The molecule has 9 nitrogen and oxygen atoms in total. The monoisotopic (exact) mass is 508 g/mol. The van der Waals surface area contributed by atoms with Crippen LogP contribution in [-0.2, 0) is 16.1 Å². The van der Waals surface area contributed by atoms with Crippen LogP contribution in [0.25, 0.3) is 11.0 Å². The number of hydrogen-bond donors (Lipinski definition) is 1. The van der Waals surface area contributed by atoms with Gasteiger partial charge in [0.05, 0.1) is 6.54 Å². The Kier molecular flexibility index (Phi) is 7.71. The van der Waals surface area contributed by atoms with E-state index in [0.717, 1.165) is 18.4 Å². The van der Waals surface area contributed by atoms with E-state index >= 15 is 0 Å². The molecule has 2 heterocycles. The SMILES string of the molecule is Cc1c(OC2CCCN(C(=O)OC(C)(C)C)C2)ccc2cc(NC(=O)OCc3ccccc3)c(=O)oc12. The number of carbonyl (C=O) groups excluding carboxylic acids is 2. The number of likely N-dealkylation sites (tertiary alicyclic amines) is 1. The summed E-state index contributed by atoms with van der Waals surface area (Å²) >= 11 is 0. The van der Waals surface area contributed by atoms with Gasteiger partial charge in [0.1, 0.15) is 35.3 Å². The molecule has 2 aromatic carbocycles. The maximum atomic E-state index is 12.6. The number of anilines is 1. The second kappa shape index (κ2) is 10.9. The topological polar surface area (TPSA) is 107 Å². The number of nitrogens with zero attached hydrogens (tertiary/aromatic N) is 1. The van der Waals surface area contributed by atoms with E-state index in [1.54, 1.807) is 30.0 Å². The molecule has 9 heteroatoms. The number of benzene rings is 2. The second-order valence-electron chi connectivity index (χ2n) is 10.0. The summed E-state index contributed by atoms with van der Waals surface area (Å²) in [6, 6.07) is 14.3. The molecule has 196 valence electrons. The molecule has 2 amide bonds. The van der Waals surface area contributed by atoms with Crippen molar-refractivity contribution in [3.63, 3.8) is 0 Å². The van der Waals surface area contributed by atoms with Gasteiger partial charge >= 0.3 is 17.8 Å². The molecule has 1 aliphatic rings. The summed E-state index contributed by atoms with van der Waals surface area (Å²) in [6.45, 7) is 8.42. The Bertz CT molecular complexity index is 1330. The van der Waals surface area contributed by atoms with Crippen LogP contribution in [0.1, 0.15) is 44.7 Å². The van der Waals surface area contributed by atoms with Crippen molar-refractivity contribution in [1.82, 2.24) is 4.90 Å². The van der Waals surface area contributed by atoms with Gasteiger partial charge in [0.25, 0.3) is 0 Å². The average molecular weight is 509 g/mol. The van der Waals surface area contributed by atoms with Gasteiger partial charge in [-0.1, -0.05) is 30.3 Å². The van der Waals surface area contributed by atoms with Gasteiger partial charge in [-0.15, -0.1) is 0 Å². The van der Waals surface area contributed by atoms with Crippen molar-refractivity contribution < 1.29 is 28.2 Å². The number of hydrogen-bond acceptors (Lipinski definition) is 7. The van der Waals surface area contributed by atoms with Crippen molar-refractivity contribution in [2.75, 3.05) is 18.4 Å². The summed E-state index contributed by atoms with van der Waals surface area (Å²) in [5.41, 5.74) is 0.576. The first-order valence-corrected chi connectivity index (χ1v) is 12.3. The summed E-state index contributed by atoms with van der Waals surface area (Å²) in [5.74, 6) is 0.565. The lowest BCUT2D eigenvalue weighted by Crippen LogP contribution is -2.46. The van der Waals surface area contributed by atoms with E-state index in [2.05, 4.69) is 5.32 Å². The molecule has 4 rings (SSSR count). The third kappa shape index (κ3) is 6.81. The number of carbonyl (C=O) groups is 2. The Morgan fingerprint density at radius 3 is 2.62 bits per heavy atom. The van der Waals surface area contributed by atoms with Crippen molar-refractivity contribution in [2.45, 2.75) is 58.8 Å². The molecule has 1 N–H and O–H groups in total. The minimum Gasteiger partial charge on any atom is -0.488 e. The summed E-state index contributed by atoms with van der Waals surface area (Å²) in [7, 11) is 0. The fraction of sp³-hybridized carbons (Fsp3) is 0.393. The zero-order valence-electron chi connectivity index (χ0n) is 21.5. The second-order valence-corrected chi connectivity index (χ2v) is 10.0. The van der Waals surface area contributed by atoms with E-state index in [4.69, 9.17) is 18.6 Å². The van der Waals surface area contributed by atoms with Crippen LogP contribution in [-0.4, -0.2) is 41.9 Å². The molecular formula is C28H32N2O7. The largest absolute Gasteiger partial charge is 0.488 e. The fourth-order valence-corrected chi connectivity index (χ4v) is 4.10. The summed E-state index contributed by atoms with van der Waals surface area (Å²) in [4.78, 5) is 38.9. The predicted molar refractivity (Wildman–Crippen MR) is 139 cm³/mol. The number of rotatable bonds is 5. The summed E-state index contributed by atoms with van der Waals surface area (Å²) < 4.78 is 22.4. The first-order valence-electron chi connectivity index (χ1n) is 12.3. The van der Waals surface area contributed by atoms with E-state index in [1.807, 2.05) is 51.1 Å². The molecule has 0 bridgehead atoms. The van der Waals surface area contributed by atoms with Gasteiger partial charge < -0.3 is 23.5 Å². The zero-order chi connectivity index (χ0) is 26.6. The lowest BCUT2D eigenvalue weighted by molar-refractivity contribution is 0.00769. The Balaban J connectivity index is 1.43. The first kappa shape index (κ1) is 26.1. The van der Waals surface area contributed by atoms with Crippen molar-refractivity contribution in [3.05, 3.63) is 70.1 Å². The number of amides is 2. The van der Waals surface area contributed by atoms with Crippen molar-refractivity contribution in [1.29, 1.82) is 0 Å². The Morgan fingerprint density at radius 1 is 1.14 bits per heavy atom. The lowest BCUT2D eigenvalue weighted by atomic mass is 10.1. The summed E-state index contributed by atoms with van der Waals surface area (Å²) in [6.07, 6.45) is 0.253. The molecule has 1 fully saturated rings. The Morgan fingerprint density at radius 2 is 1.89 bits per heavy atom. The van der Waals surface area contributed by atoms with E-state index in [1.165, 1.54) is 0 Å². The van der Waals surface area contributed by atoms with Crippen LogP contribution in [0.2, 0.25) is 0 Å². The molecule has 0 spiro atoms. The zero-order valence-corrected chi connectivity index (χ0v) is 21.5. The van der Waals surface area contributed by atoms with Crippen LogP contribution in [0.4, 0.5) is 15.3 Å². The third-order valence-corrected chi connectivity index (χ3v) is 5.87. The van der Waals surface area contributed by atoms with Crippen LogP contribution >= 0.6 is 0 Å². The molecule has 37 heavy (non-hydrogen) atoms. The lowest BCUT2D eigenvalue weighted by Gasteiger charge is -2.34. The van der Waals surface area contributed by atoms with Gasteiger partial charge in [-0.3, -0.25) is 5.32 Å². The first-order chi connectivity index (χ1) is 17.6. The van der Waals surface area contributed by atoms with Gasteiger partial charge in [-0.25, -0.2) is 14.4 Å². The van der Waals surface area contributed by atoms with Crippen LogP contribution in [0.3, 0.4) is 0 Å². The molecule has 1 unspecified atom stereocenters. The highest BCUT2D eigenvalue weighted by molar-refractivity contribution is 5.89. The van der Waals surface area contributed by atoms with E-state index in [-0.39, 0.29) is 24.5 Å². The smallest absolute Gasteiger partial charge is 0.412 e. The van der Waals surface area contributed by atoms with Gasteiger partial charge in [0.2, 0.25) is 0 Å². The number of aryl methyl sites for hydroxylation is 1. The van der Waals surface area contributed by atoms with Gasteiger partial charge in [-0.05, 0) is 64.3 Å². The van der Waals surface area contributed by atoms with Crippen LogP contribution in [0.15, 0.2) is 57.7 Å². The fourth-order valence-electron chi connectivity index (χ4n) is 4.10. The van der Waals surface area contributed by atoms with E-state index in [9.17, 15) is 14.4 Å². The quantitative estimate of drug-likeness (QED) is 0.445. The number of piperidine rings is 1. The van der Waals surface area contributed by atoms with Crippen molar-refractivity contribution in [3.8, 4) is 5.75 Å². The molecule has 0 aliphatic carbocycles. The maximum Gasteiger partial charge on any atom is 0.412 e. The molecular weight excluding hydrogens is 476 g/mol. The summed E-state index contributed by atoms with van der Waals surface area (Å²) in [5, 5.41) is 3.08. The maximum absolute atomic E-state index is 12.6. The van der Waals surface area contributed by atoms with E-state index < -0.39 is 17.3 Å². The Labute approximate surface area is 215 Å². The molecule has 1 saturated heterocycles. The average Bonchev–Trinajstić information content (AvgIpc) is 2.85. The predicted octanol–water partition coefficient (Wildman–Crippen LogP) is 5.63. The molecule has 3 aromatic rings. The highest BCUT2D eigenvalue weighted by Gasteiger charge is 2.29. The van der Waals surface area contributed by atoms with E-state index in [0.29, 0.717) is 35.4 Å². The van der Waals surface area contributed by atoms with Crippen LogP contribution in [0.5, 0.6) is 5.75 Å². The Hall–Kier alpha value is -4.01. The minimum absolute atomic E-state index is 0.0149. The van der Waals surface area contributed by atoms with Gasteiger partial charge in [-0.2, -0.15) is 0 Å². The van der Waals surface area contributed by atoms with Crippen LogP contribution < -0.4 is 15.7 Å². The normalized spacial score (nSPS) is 15.8. The van der Waals surface area contributed by atoms with Gasteiger partial charge in [0, 0.05) is 17.5 Å². The molecule has 1 atom stereocenters. The minimum atomic E-state index is -0.751. The molecule has 1 aliphatic heterocycles. The standard InChI is InChI=1S/C28H32N2O7/c1-18-23(35-21-11-8-14-30(16-21)27(33)37-28(2,3)4)13-12-20-15-22(25(31)36-24(18)20)29-26(32)34-17-19-9-6-5-7-10-19/h5-7,9-10,12-13,15,21H,8,11,14,16-17H2,1-4H3,(H,29,32). The molecule has 1 aromatic heterocycles. The number of fused-ring (bicyclic) bond motifs is 1. The third-order valence-electron chi connectivity index (χ3n) is 5.87. The molecule has 0 saturated carbocycles. The van der Waals surface area contributed by atoms with Gasteiger partial charge in [0.15, 0.2) is 0 Å². The molecule has 0 radical (unpaired) electrons. The van der Waals surface area contributed by atoms with Crippen LogP contribution in [0, 0.1) is 6.92 Å². The number of ether oxygens (including phenoxy) is 3. The van der Waals surface area contributed by atoms with Crippen molar-refractivity contribution in [2.24, 2.45) is 0 Å². The highest BCUT2D eigenvalue weighted by Crippen LogP contribution is 2.30. The highest BCUT2D eigenvalue weighted by atomic mass is 16.6.